The molecule has 1 rings (SSSR count). The lowest BCUT2D eigenvalue weighted by atomic mass is 9.74. The summed E-state index contributed by atoms with van der Waals surface area (Å²) in [6, 6.07) is 8.52. The van der Waals surface area contributed by atoms with Crippen LogP contribution in [0.25, 0.3) is 0 Å². The lowest BCUT2D eigenvalue weighted by molar-refractivity contribution is 0.219. The van der Waals surface area contributed by atoms with E-state index in [1.165, 1.54) is 31.2 Å². The first-order valence-electron chi connectivity index (χ1n) is 7.10. The van der Waals surface area contributed by atoms with Crippen molar-refractivity contribution < 1.29 is 4.74 Å². The van der Waals surface area contributed by atoms with E-state index in [1.807, 2.05) is 0 Å². The number of methoxy groups -OCH3 is 1. The molecule has 1 atom stereocenters. The van der Waals surface area contributed by atoms with E-state index in [9.17, 15) is 0 Å². The second kappa shape index (κ2) is 6.82. The largest absolute Gasteiger partial charge is 0.497 e. The minimum absolute atomic E-state index is 0.384. The summed E-state index contributed by atoms with van der Waals surface area (Å²) in [5.41, 5.74) is 1.81. The number of unbranched alkanes of at least 4 members (excludes halogenated alkanes) is 1. The highest BCUT2D eigenvalue weighted by Crippen LogP contribution is 2.33. The van der Waals surface area contributed by atoms with Gasteiger partial charge in [0.15, 0.2) is 0 Å². The van der Waals surface area contributed by atoms with Crippen molar-refractivity contribution in [2.24, 2.45) is 11.3 Å². The molecule has 18 heavy (non-hydrogen) atoms. The number of benzene rings is 1. The molecule has 1 nitrogen and oxygen atoms in total. The molecule has 0 bridgehead atoms. The van der Waals surface area contributed by atoms with Crippen molar-refractivity contribution in [3.05, 3.63) is 29.8 Å². The van der Waals surface area contributed by atoms with Crippen LogP contribution in [-0.4, -0.2) is 7.11 Å². The zero-order valence-electron chi connectivity index (χ0n) is 12.6. The molecule has 0 aliphatic carbocycles. The number of hydrogen-bond acceptors (Lipinski definition) is 1. The second-order valence-corrected chi connectivity index (χ2v) is 6.26. The summed E-state index contributed by atoms with van der Waals surface area (Å²) in [6.07, 6.45) is 5.12. The lowest BCUT2D eigenvalue weighted by Gasteiger charge is -2.31. The predicted molar refractivity (Wildman–Crippen MR) is 79.2 cm³/mol. The summed E-state index contributed by atoms with van der Waals surface area (Å²) in [5.74, 6) is 1.70. The van der Waals surface area contributed by atoms with E-state index < -0.39 is 0 Å². The number of rotatable bonds is 6. The first kappa shape index (κ1) is 15.1. The average molecular weight is 248 g/mol. The van der Waals surface area contributed by atoms with Gasteiger partial charge in [0.25, 0.3) is 0 Å². The molecule has 0 unspecified atom stereocenters. The Morgan fingerprint density at radius 1 is 1.11 bits per heavy atom. The van der Waals surface area contributed by atoms with Gasteiger partial charge in [0.05, 0.1) is 7.11 Å². The molecule has 1 heteroatoms. The number of ether oxygens (including phenoxy) is 1. The van der Waals surface area contributed by atoms with E-state index in [-0.39, 0.29) is 0 Å². The van der Waals surface area contributed by atoms with Gasteiger partial charge in [-0.1, -0.05) is 52.7 Å². The normalized spacial score (nSPS) is 13.4. The molecule has 0 saturated heterocycles. The summed E-state index contributed by atoms with van der Waals surface area (Å²) in [6.45, 7) is 9.34. The Hall–Kier alpha value is -0.980. The number of hydrogen-bond donors (Lipinski definition) is 0. The van der Waals surface area contributed by atoms with Crippen molar-refractivity contribution in [1.82, 2.24) is 0 Å². The molecular formula is C17H28O. The third-order valence-corrected chi connectivity index (χ3v) is 3.77. The Labute approximate surface area is 113 Å². The minimum Gasteiger partial charge on any atom is -0.497 e. The SMILES string of the molecule is CCCC[C@@H](Cc1ccc(OC)cc1)C(C)(C)C. The molecule has 0 heterocycles. The van der Waals surface area contributed by atoms with E-state index >= 15 is 0 Å². The zero-order chi connectivity index (χ0) is 13.6. The molecule has 1 aromatic carbocycles. The van der Waals surface area contributed by atoms with Crippen LogP contribution in [0, 0.1) is 11.3 Å². The lowest BCUT2D eigenvalue weighted by Crippen LogP contribution is -2.22. The monoisotopic (exact) mass is 248 g/mol. The molecule has 0 spiro atoms. The maximum Gasteiger partial charge on any atom is 0.118 e. The van der Waals surface area contributed by atoms with E-state index in [4.69, 9.17) is 4.74 Å². The van der Waals surface area contributed by atoms with Gasteiger partial charge in [-0.15, -0.1) is 0 Å². The topological polar surface area (TPSA) is 9.23 Å². The van der Waals surface area contributed by atoms with Crippen molar-refractivity contribution in [3.63, 3.8) is 0 Å². The van der Waals surface area contributed by atoms with Crippen molar-refractivity contribution in [3.8, 4) is 5.75 Å². The van der Waals surface area contributed by atoms with Crippen LogP contribution >= 0.6 is 0 Å². The molecule has 0 amide bonds. The summed E-state index contributed by atoms with van der Waals surface area (Å²) in [7, 11) is 1.72. The minimum atomic E-state index is 0.384. The fraction of sp³-hybridized carbons (Fsp3) is 0.647. The highest BCUT2D eigenvalue weighted by molar-refractivity contribution is 5.27. The maximum atomic E-state index is 5.21. The van der Waals surface area contributed by atoms with Gasteiger partial charge in [-0.3, -0.25) is 0 Å². The first-order chi connectivity index (χ1) is 8.47. The molecule has 0 aliphatic heterocycles. The Kier molecular flexibility index (Phi) is 5.71. The summed E-state index contributed by atoms with van der Waals surface area (Å²) in [5, 5.41) is 0. The van der Waals surface area contributed by atoms with Crippen LogP contribution in [0.2, 0.25) is 0 Å². The molecule has 0 aromatic heterocycles. The van der Waals surface area contributed by atoms with Crippen LogP contribution in [0.4, 0.5) is 0 Å². The molecule has 1 aromatic rings. The highest BCUT2D eigenvalue weighted by atomic mass is 16.5. The fourth-order valence-corrected chi connectivity index (χ4v) is 2.34. The standard InChI is InChI=1S/C17H28O/c1-6-7-8-15(17(2,3)4)13-14-9-11-16(18-5)12-10-14/h9-12,15H,6-8,13H2,1-5H3/t15-/m0/s1. The van der Waals surface area contributed by atoms with Crippen molar-refractivity contribution in [2.45, 2.75) is 53.4 Å². The summed E-state index contributed by atoms with van der Waals surface area (Å²) < 4.78 is 5.21. The molecule has 0 aliphatic rings. The third-order valence-electron chi connectivity index (χ3n) is 3.77. The zero-order valence-corrected chi connectivity index (χ0v) is 12.6. The molecule has 0 N–H and O–H groups in total. The van der Waals surface area contributed by atoms with Crippen LogP contribution < -0.4 is 4.74 Å². The van der Waals surface area contributed by atoms with Gasteiger partial charge in [0.2, 0.25) is 0 Å². The van der Waals surface area contributed by atoms with Gasteiger partial charge >= 0.3 is 0 Å². The van der Waals surface area contributed by atoms with Gasteiger partial charge in [0, 0.05) is 0 Å². The van der Waals surface area contributed by atoms with E-state index in [0.717, 1.165) is 11.7 Å². The molecule has 0 fully saturated rings. The van der Waals surface area contributed by atoms with Crippen LogP contribution in [0.5, 0.6) is 5.75 Å². The highest BCUT2D eigenvalue weighted by Gasteiger charge is 2.24. The van der Waals surface area contributed by atoms with Crippen LogP contribution in [0.1, 0.15) is 52.5 Å². The molecule has 102 valence electrons. The van der Waals surface area contributed by atoms with Gasteiger partial charge < -0.3 is 4.74 Å². The quantitative estimate of drug-likeness (QED) is 0.681. The van der Waals surface area contributed by atoms with Crippen molar-refractivity contribution in [2.75, 3.05) is 7.11 Å². The Balaban J connectivity index is 2.69. The van der Waals surface area contributed by atoms with Gasteiger partial charge in [-0.25, -0.2) is 0 Å². The first-order valence-corrected chi connectivity index (χ1v) is 7.10. The van der Waals surface area contributed by atoms with Crippen molar-refractivity contribution >= 4 is 0 Å². The average Bonchev–Trinajstić information content (AvgIpc) is 2.34. The molecule has 0 radical (unpaired) electrons. The van der Waals surface area contributed by atoms with Crippen LogP contribution in [0.15, 0.2) is 24.3 Å². The third kappa shape index (κ3) is 4.72. The van der Waals surface area contributed by atoms with Crippen LogP contribution in [0.3, 0.4) is 0 Å². The molecule has 0 saturated carbocycles. The fourth-order valence-electron chi connectivity index (χ4n) is 2.34. The van der Waals surface area contributed by atoms with Gasteiger partial charge in [0.1, 0.15) is 5.75 Å². The van der Waals surface area contributed by atoms with Gasteiger partial charge in [-0.2, -0.15) is 0 Å². The van der Waals surface area contributed by atoms with Crippen LogP contribution in [-0.2, 0) is 6.42 Å². The second-order valence-electron chi connectivity index (χ2n) is 6.26. The van der Waals surface area contributed by atoms with E-state index in [2.05, 4.69) is 52.0 Å². The summed E-state index contributed by atoms with van der Waals surface area (Å²) in [4.78, 5) is 0. The smallest absolute Gasteiger partial charge is 0.118 e. The molecular weight excluding hydrogens is 220 g/mol. The van der Waals surface area contributed by atoms with E-state index in [1.54, 1.807) is 7.11 Å². The van der Waals surface area contributed by atoms with E-state index in [0.29, 0.717) is 5.41 Å². The Morgan fingerprint density at radius 3 is 2.17 bits per heavy atom. The summed E-state index contributed by atoms with van der Waals surface area (Å²) >= 11 is 0. The Bertz CT molecular complexity index is 332. The predicted octanol–water partition coefficient (Wildman–Crippen LogP) is 5.09. The maximum absolute atomic E-state index is 5.21. The van der Waals surface area contributed by atoms with Crippen molar-refractivity contribution in [1.29, 1.82) is 0 Å². The van der Waals surface area contributed by atoms with Gasteiger partial charge in [-0.05, 0) is 41.9 Å². The Morgan fingerprint density at radius 2 is 1.72 bits per heavy atom.